The van der Waals surface area contributed by atoms with E-state index in [2.05, 4.69) is 53.7 Å². The smallest absolute Gasteiger partial charge is 0.159 e. The number of aromatic nitrogens is 6. The summed E-state index contributed by atoms with van der Waals surface area (Å²) in [5.41, 5.74) is 8.24. The Morgan fingerprint density at radius 3 is 2.73 bits per heavy atom. The summed E-state index contributed by atoms with van der Waals surface area (Å²) in [6, 6.07) is 15.0. The molecule has 0 aliphatic rings. The molecule has 9 nitrogen and oxygen atoms in total. The van der Waals surface area contributed by atoms with Crippen LogP contribution in [0.1, 0.15) is 12.5 Å². The molecule has 10 heteroatoms. The van der Waals surface area contributed by atoms with Gasteiger partial charge in [0.25, 0.3) is 0 Å². The van der Waals surface area contributed by atoms with Crippen molar-refractivity contribution in [2.75, 3.05) is 39.0 Å². The largest absolute Gasteiger partial charge is 0.384 e. The van der Waals surface area contributed by atoms with Gasteiger partial charge in [-0.3, -0.25) is 15.1 Å². The molecule has 0 bridgehead atoms. The van der Waals surface area contributed by atoms with Crippen LogP contribution in [0.4, 0.5) is 10.1 Å². The summed E-state index contributed by atoms with van der Waals surface area (Å²) in [4.78, 5) is 19.5. The molecule has 0 aliphatic heterocycles. The number of anilines is 1. The fraction of sp³-hybridized carbons (Fsp3) is 0.226. The third-order valence-electron chi connectivity index (χ3n) is 6.95. The van der Waals surface area contributed by atoms with Gasteiger partial charge in [-0.05, 0) is 68.2 Å². The summed E-state index contributed by atoms with van der Waals surface area (Å²) < 4.78 is 14.7. The number of pyridine rings is 2. The zero-order valence-corrected chi connectivity index (χ0v) is 23.3. The summed E-state index contributed by atoms with van der Waals surface area (Å²) in [5.74, 6) is 0.320. The van der Waals surface area contributed by atoms with Crippen molar-refractivity contribution in [1.29, 1.82) is 0 Å². The zero-order chi connectivity index (χ0) is 28.3. The van der Waals surface area contributed by atoms with E-state index in [-0.39, 0.29) is 5.82 Å². The lowest BCUT2D eigenvalue weighted by Crippen LogP contribution is -2.20. The van der Waals surface area contributed by atoms with Crippen molar-refractivity contribution in [3.05, 3.63) is 78.5 Å². The highest BCUT2D eigenvalue weighted by atomic mass is 19.1. The van der Waals surface area contributed by atoms with E-state index in [1.165, 1.54) is 6.07 Å². The van der Waals surface area contributed by atoms with E-state index in [9.17, 15) is 4.39 Å². The number of imidazole rings is 1. The van der Waals surface area contributed by atoms with Crippen molar-refractivity contribution < 1.29 is 4.39 Å². The maximum Gasteiger partial charge on any atom is 0.159 e. The Morgan fingerprint density at radius 1 is 0.976 bits per heavy atom. The minimum Gasteiger partial charge on any atom is -0.384 e. The molecule has 0 aliphatic carbocycles. The lowest BCUT2D eigenvalue weighted by molar-refractivity contribution is 0.425. The molecule has 4 aromatic heterocycles. The Morgan fingerprint density at radius 2 is 1.88 bits per heavy atom. The molecule has 0 unspecified atom stereocenters. The summed E-state index contributed by atoms with van der Waals surface area (Å²) in [5, 5.41) is 15.2. The molecule has 0 atom stereocenters. The minimum atomic E-state index is -0.301. The van der Waals surface area contributed by atoms with Gasteiger partial charge in [-0.25, -0.2) is 9.37 Å². The van der Waals surface area contributed by atoms with E-state index < -0.39 is 0 Å². The lowest BCUT2D eigenvalue weighted by Gasteiger charge is -2.13. The molecular weight excluding hydrogens is 517 g/mol. The molecule has 0 spiro atoms. The number of likely N-dealkylation sites (N-methyl/N-ethyl adjacent to an activating group) is 1. The van der Waals surface area contributed by atoms with Gasteiger partial charge in [-0.2, -0.15) is 5.10 Å². The first kappa shape index (κ1) is 26.5. The zero-order valence-electron chi connectivity index (χ0n) is 23.3. The molecule has 0 fully saturated rings. The number of nitrogens with zero attached hydrogens (tertiary/aromatic N) is 5. The van der Waals surface area contributed by atoms with Crippen molar-refractivity contribution in [1.82, 2.24) is 40.3 Å². The summed E-state index contributed by atoms with van der Waals surface area (Å²) in [6.45, 7) is 5.27. The number of para-hydroxylation sites is 1. The van der Waals surface area contributed by atoms with Crippen molar-refractivity contribution in [3.63, 3.8) is 0 Å². The number of rotatable bonds is 10. The van der Waals surface area contributed by atoms with Gasteiger partial charge in [0, 0.05) is 54.2 Å². The second-order valence-electron chi connectivity index (χ2n) is 10.3. The average molecular weight is 550 g/mol. The fourth-order valence-corrected chi connectivity index (χ4v) is 4.90. The Balaban J connectivity index is 1.37. The summed E-state index contributed by atoms with van der Waals surface area (Å²) >= 11 is 0. The Bertz CT molecular complexity index is 1820. The summed E-state index contributed by atoms with van der Waals surface area (Å²) in [6.07, 6.45) is 5.46. The lowest BCUT2D eigenvalue weighted by atomic mass is 10.0. The van der Waals surface area contributed by atoms with Crippen molar-refractivity contribution in [2.24, 2.45) is 0 Å². The van der Waals surface area contributed by atoms with Crippen LogP contribution in [0.5, 0.6) is 0 Å². The minimum absolute atomic E-state index is 0.301. The van der Waals surface area contributed by atoms with E-state index in [1.807, 2.05) is 56.8 Å². The molecule has 0 radical (unpaired) electrons. The number of halogens is 1. The predicted molar refractivity (Wildman–Crippen MR) is 162 cm³/mol. The average Bonchev–Trinajstić information content (AvgIpc) is 3.59. The Labute approximate surface area is 237 Å². The maximum absolute atomic E-state index is 14.7. The van der Waals surface area contributed by atoms with Crippen LogP contribution in [0.15, 0.2) is 67.1 Å². The standard InChI is InChI=1S/C31H32FN9/c1-4-33-15-19-10-21(17-34-16-19)27-14-25-28(18-36-27)39-40-30(25)31-37-26-7-5-6-24(29(26)38-31)20-11-22(32)13-23(12-20)35-8-9-41(2)3/h5-7,10-14,16-18,33,35H,4,8-9,15H2,1-3H3,(H,37,38)(H,39,40). The van der Waals surface area contributed by atoms with Crippen LogP contribution < -0.4 is 10.6 Å². The molecule has 2 aromatic carbocycles. The van der Waals surface area contributed by atoms with Crippen LogP contribution in [0.2, 0.25) is 0 Å². The molecule has 0 saturated carbocycles. The van der Waals surface area contributed by atoms with E-state index in [4.69, 9.17) is 4.98 Å². The van der Waals surface area contributed by atoms with Crippen molar-refractivity contribution in [3.8, 4) is 33.9 Å². The van der Waals surface area contributed by atoms with Gasteiger partial charge in [0.1, 0.15) is 11.5 Å². The highest BCUT2D eigenvalue weighted by molar-refractivity contribution is 5.98. The van der Waals surface area contributed by atoms with Crippen LogP contribution in [-0.2, 0) is 6.54 Å². The Hall–Kier alpha value is -4.67. The van der Waals surface area contributed by atoms with E-state index >= 15 is 0 Å². The highest BCUT2D eigenvalue weighted by Gasteiger charge is 2.17. The normalized spacial score (nSPS) is 11.6. The second kappa shape index (κ2) is 11.4. The maximum atomic E-state index is 14.7. The molecular formula is C31H32FN9. The van der Waals surface area contributed by atoms with E-state index in [1.54, 1.807) is 12.3 Å². The van der Waals surface area contributed by atoms with Gasteiger partial charge < -0.3 is 20.5 Å². The predicted octanol–water partition coefficient (Wildman–Crippen LogP) is 5.45. The molecule has 4 heterocycles. The number of fused-ring (bicyclic) bond motifs is 2. The van der Waals surface area contributed by atoms with Gasteiger partial charge in [-0.15, -0.1) is 0 Å². The van der Waals surface area contributed by atoms with Gasteiger partial charge in [0.2, 0.25) is 0 Å². The third-order valence-corrected chi connectivity index (χ3v) is 6.95. The van der Waals surface area contributed by atoms with Crippen LogP contribution in [0, 0.1) is 5.82 Å². The van der Waals surface area contributed by atoms with Gasteiger partial charge >= 0.3 is 0 Å². The first-order valence-corrected chi connectivity index (χ1v) is 13.7. The van der Waals surface area contributed by atoms with Gasteiger partial charge in [0.05, 0.1) is 28.4 Å². The number of aromatic amines is 2. The third kappa shape index (κ3) is 5.65. The topological polar surface area (TPSA) is 110 Å². The van der Waals surface area contributed by atoms with Crippen molar-refractivity contribution in [2.45, 2.75) is 13.5 Å². The number of nitrogens with one attached hydrogen (secondary N) is 4. The number of hydrogen-bond donors (Lipinski definition) is 4. The molecule has 0 saturated heterocycles. The van der Waals surface area contributed by atoms with Gasteiger partial charge in [-0.1, -0.05) is 19.1 Å². The molecule has 41 heavy (non-hydrogen) atoms. The van der Waals surface area contributed by atoms with Crippen molar-refractivity contribution >= 4 is 27.6 Å². The molecule has 208 valence electrons. The van der Waals surface area contributed by atoms with Gasteiger partial charge in [0.15, 0.2) is 5.82 Å². The second-order valence-corrected chi connectivity index (χ2v) is 10.3. The number of benzene rings is 2. The molecule has 0 amide bonds. The highest BCUT2D eigenvalue weighted by Crippen LogP contribution is 2.33. The van der Waals surface area contributed by atoms with Crippen LogP contribution >= 0.6 is 0 Å². The first-order chi connectivity index (χ1) is 20.0. The molecule has 6 rings (SSSR count). The summed E-state index contributed by atoms with van der Waals surface area (Å²) in [7, 11) is 4.02. The van der Waals surface area contributed by atoms with E-state index in [0.29, 0.717) is 18.1 Å². The molecule has 6 aromatic rings. The number of hydrogen-bond acceptors (Lipinski definition) is 7. The fourth-order valence-electron chi connectivity index (χ4n) is 4.90. The van der Waals surface area contributed by atoms with E-state index in [0.717, 1.165) is 75.2 Å². The van der Waals surface area contributed by atoms with Crippen LogP contribution in [0.3, 0.4) is 0 Å². The van der Waals surface area contributed by atoms with Crippen LogP contribution in [0.25, 0.3) is 55.8 Å². The SMILES string of the molecule is CCNCc1cncc(-c2cc3c(-c4nc5c(-c6cc(F)cc(NCCN(C)C)c6)cccc5[nH]4)n[nH]c3cn2)c1. The first-order valence-electron chi connectivity index (χ1n) is 13.7. The monoisotopic (exact) mass is 549 g/mol. The molecule has 4 N–H and O–H groups in total. The number of H-pyrrole nitrogens is 2. The quantitative estimate of drug-likeness (QED) is 0.180. The Kier molecular flexibility index (Phi) is 7.41. The van der Waals surface area contributed by atoms with Crippen LogP contribution in [-0.4, -0.2) is 68.8 Å².